The first kappa shape index (κ1) is 24.4. The van der Waals surface area contributed by atoms with Crippen LogP contribution in [-0.2, 0) is 9.59 Å². The third-order valence-electron chi connectivity index (χ3n) is 6.19. The van der Waals surface area contributed by atoms with Crippen molar-refractivity contribution in [3.63, 3.8) is 0 Å². The van der Waals surface area contributed by atoms with Gasteiger partial charge in [-0.3, -0.25) is 14.5 Å². The number of Topliss-reactive ketones (excluding diaryl/α,β-unsaturated/α-hetero) is 1. The van der Waals surface area contributed by atoms with Crippen LogP contribution < -0.4 is 14.4 Å². The van der Waals surface area contributed by atoms with Gasteiger partial charge >= 0.3 is 0 Å². The molecule has 1 fully saturated rings. The van der Waals surface area contributed by atoms with Gasteiger partial charge in [0.05, 0.1) is 30.4 Å². The number of benzene rings is 3. The molecule has 1 aliphatic heterocycles. The van der Waals surface area contributed by atoms with Crippen LogP contribution in [0.3, 0.4) is 0 Å². The van der Waals surface area contributed by atoms with Gasteiger partial charge in [-0.05, 0) is 73.9 Å². The molecule has 0 aromatic heterocycles. The number of hydrogen-bond acceptors (Lipinski definition) is 5. The highest BCUT2D eigenvalue weighted by Crippen LogP contribution is 2.44. The van der Waals surface area contributed by atoms with E-state index in [2.05, 4.69) is 0 Å². The minimum Gasteiger partial charge on any atom is -0.507 e. The first-order valence-electron chi connectivity index (χ1n) is 11.2. The number of aryl methyl sites for hydroxylation is 1. The maximum absolute atomic E-state index is 13.4. The molecule has 7 heteroatoms. The minimum atomic E-state index is -0.864. The molecule has 3 aromatic rings. The molecule has 1 saturated heterocycles. The van der Waals surface area contributed by atoms with Gasteiger partial charge in [0.25, 0.3) is 11.7 Å². The van der Waals surface area contributed by atoms with Gasteiger partial charge in [-0.15, -0.1) is 0 Å². The highest BCUT2D eigenvalue weighted by Gasteiger charge is 2.47. The molecule has 1 N–H and O–H groups in total. The fourth-order valence-electron chi connectivity index (χ4n) is 4.28. The summed E-state index contributed by atoms with van der Waals surface area (Å²) in [5, 5.41) is 11.8. The Hall–Kier alpha value is -3.77. The Bertz CT molecular complexity index is 1350. The molecule has 6 nitrogen and oxygen atoms in total. The predicted molar refractivity (Wildman–Crippen MR) is 136 cm³/mol. The molecular formula is C28H26ClNO5. The Morgan fingerprint density at radius 2 is 1.80 bits per heavy atom. The summed E-state index contributed by atoms with van der Waals surface area (Å²) >= 11 is 6.22. The molecule has 4 rings (SSSR count). The molecule has 3 aromatic carbocycles. The largest absolute Gasteiger partial charge is 0.507 e. The molecule has 1 atom stereocenters. The maximum atomic E-state index is 13.4. The third kappa shape index (κ3) is 4.37. The summed E-state index contributed by atoms with van der Waals surface area (Å²) in [5.41, 5.74) is 3.38. The van der Waals surface area contributed by atoms with E-state index in [0.29, 0.717) is 39.9 Å². The fraction of sp³-hybridized carbons (Fsp3) is 0.214. The van der Waals surface area contributed by atoms with Gasteiger partial charge in [0.2, 0.25) is 0 Å². The normalized spacial score (nSPS) is 17.1. The number of ether oxygens (including phenoxy) is 2. The lowest BCUT2D eigenvalue weighted by atomic mass is 9.94. The van der Waals surface area contributed by atoms with Gasteiger partial charge < -0.3 is 14.6 Å². The number of hydrogen-bond donors (Lipinski definition) is 1. The highest BCUT2D eigenvalue weighted by atomic mass is 35.5. The van der Waals surface area contributed by atoms with Crippen LogP contribution in [0.2, 0.25) is 5.02 Å². The van der Waals surface area contributed by atoms with Crippen LogP contribution in [0.5, 0.6) is 11.5 Å². The van der Waals surface area contributed by atoms with Crippen molar-refractivity contribution in [2.75, 3.05) is 18.6 Å². The topological polar surface area (TPSA) is 76.1 Å². The third-order valence-corrected chi connectivity index (χ3v) is 6.51. The van der Waals surface area contributed by atoms with Crippen molar-refractivity contribution < 1.29 is 24.2 Å². The number of carbonyl (C=O) groups is 2. The molecule has 0 aliphatic carbocycles. The van der Waals surface area contributed by atoms with E-state index in [9.17, 15) is 14.7 Å². The van der Waals surface area contributed by atoms with E-state index < -0.39 is 17.7 Å². The zero-order valence-corrected chi connectivity index (χ0v) is 20.7. The van der Waals surface area contributed by atoms with Crippen LogP contribution >= 0.6 is 11.6 Å². The number of aliphatic hydroxyl groups excluding tert-OH is 1. The number of nitrogens with zero attached hydrogens (tertiary/aromatic N) is 1. The second-order valence-electron chi connectivity index (χ2n) is 8.24. The van der Waals surface area contributed by atoms with E-state index in [0.717, 1.165) is 11.1 Å². The molecular weight excluding hydrogens is 466 g/mol. The summed E-state index contributed by atoms with van der Waals surface area (Å²) in [7, 11) is 1.55. The molecule has 1 unspecified atom stereocenters. The van der Waals surface area contributed by atoms with Gasteiger partial charge in [0, 0.05) is 11.3 Å². The van der Waals surface area contributed by atoms with Crippen LogP contribution in [0.4, 0.5) is 5.69 Å². The Balaban J connectivity index is 1.98. The van der Waals surface area contributed by atoms with Gasteiger partial charge in [-0.2, -0.15) is 0 Å². The Morgan fingerprint density at radius 1 is 1.06 bits per heavy atom. The van der Waals surface area contributed by atoms with Crippen LogP contribution in [0.25, 0.3) is 5.76 Å². The highest BCUT2D eigenvalue weighted by molar-refractivity contribution is 6.51. The van der Waals surface area contributed by atoms with Crippen molar-refractivity contribution in [1.29, 1.82) is 0 Å². The zero-order valence-electron chi connectivity index (χ0n) is 20.0. The van der Waals surface area contributed by atoms with E-state index >= 15 is 0 Å². The number of ketones is 1. The van der Waals surface area contributed by atoms with Crippen molar-refractivity contribution in [3.05, 3.63) is 93.5 Å². The Morgan fingerprint density at radius 3 is 2.51 bits per heavy atom. The Labute approximate surface area is 209 Å². The average molecular weight is 492 g/mol. The van der Waals surface area contributed by atoms with Gasteiger partial charge in [0.15, 0.2) is 0 Å². The van der Waals surface area contributed by atoms with Crippen molar-refractivity contribution >= 4 is 34.7 Å². The van der Waals surface area contributed by atoms with Gasteiger partial charge in [0.1, 0.15) is 17.3 Å². The number of halogens is 1. The average Bonchev–Trinajstić information content (AvgIpc) is 3.12. The number of aliphatic hydroxyl groups is 1. The minimum absolute atomic E-state index is 0.0195. The lowest BCUT2D eigenvalue weighted by Crippen LogP contribution is -2.30. The van der Waals surface area contributed by atoms with Crippen LogP contribution in [-0.4, -0.2) is 30.5 Å². The van der Waals surface area contributed by atoms with E-state index in [4.69, 9.17) is 21.1 Å². The predicted octanol–water partition coefficient (Wildman–Crippen LogP) is 5.99. The van der Waals surface area contributed by atoms with Crippen molar-refractivity contribution in [3.8, 4) is 11.5 Å². The first-order valence-corrected chi connectivity index (χ1v) is 11.6. The molecule has 35 heavy (non-hydrogen) atoms. The molecule has 1 amide bonds. The van der Waals surface area contributed by atoms with Crippen molar-refractivity contribution in [2.24, 2.45) is 0 Å². The lowest BCUT2D eigenvalue weighted by Gasteiger charge is -2.27. The fourth-order valence-corrected chi connectivity index (χ4v) is 4.45. The molecule has 0 spiro atoms. The summed E-state index contributed by atoms with van der Waals surface area (Å²) in [6.45, 7) is 6.05. The maximum Gasteiger partial charge on any atom is 0.300 e. The molecule has 0 bridgehead atoms. The first-order chi connectivity index (χ1) is 16.8. The number of amides is 1. The summed E-state index contributed by atoms with van der Waals surface area (Å²) in [6.07, 6.45) is 0. The van der Waals surface area contributed by atoms with Gasteiger partial charge in [-0.1, -0.05) is 35.9 Å². The lowest BCUT2D eigenvalue weighted by molar-refractivity contribution is -0.132. The quantitative estimate of drug-likeness (QED) is 0.260. The monoisotopic (exact) mass is 491 g/mol. The smallest absolute Gasteiger partial charge is 0.300 e. The SMILES string of the molecule is CCOc1cc(/C(O)=C2\C(=O)C(=O)N(c3cccc(C)c3C)C2c2cccc(OC)c2)ccc1Cl. The van der Waals surface area contributed by atoms with Crippen LogP contribution in [0.1, 0.15) is 35.2 Å². The van der Waals surface area contributed by atoms with E-state index in [1.54, 1.807) is 55.6 Å². The number of anilines is 1. The zero-order chi connectivity index (χ0) is 25.3. The van der Waals surface area contributed by atoms with Crippen LogP contribution in [0, 0.1) is 13.8 Å². The summed E-state index contributed by atoms with van der Waals surface area (Å²) in [6, 6.07) is 16.6. The summed E-state index contributed by atoms with van der Waals surface area (Å²) in [5.74, 6) is -0.850. The second kappa shape index (κ2) is 9.84. The van der Waals surface area contributed by atoms with E-state index in [-0.39, 0.29) is 11.3 Å². The molecule has 0 radical (unpaired) electrons. The van der Waals surface area contributed by atoms with Gasteiger partial charge in [-0.25, -0.2) is 0 Å². The Kier molecular flexibility index (Phi) is 6.85. The molecule has 1 aliphatic rings. The van der Waals surface area contributed by atoms with Crippen molar-refractivity contribution in [1.82, 2.24) is 0 Å². The summed E-state index contributed by atoms with van der Waals surface area (Å²) < 4.78 is 10.9. The standard InChI is InChI=1S/C28H26ClNO5/c1-5-35-23-15-19(12-13-21(23)29)26(31)24-25(18-9-7-10-20(14-18)34-4)30(28(33)27(24)32)22-11-6-8-16(2)17(22)3/h6-15,25,31H,5H2,1-4H3/b26-24+. The number of carbonyl (C=O) groups excluding carboxylic acids is 2. The van der Waals surface area contributed by atoms with E-state index in [1.165, 1.54) is 4.90 Å². The molecule has 1 heterocycles. The molecule has 180 valence electrons. The summed E-state index contributed by atoms with van der Waals surface area (Å²) in [4.78, 5) is 28.3. The molecule has 0 saturated carbocycles. The second-order valence-corrected chi connectivity index (χ2v) is 8.65. The number of methoxy groups -OCH3 is 1. The number of rotatable bonds is 6. The van der Waals surface area contributed by atoms with Crippen LogP contribution in [0.15, 0.2) is 66.2 Å². The van der Waals surface area contributed by atoms with Crippen molar-refractivity contribution in [2.45, 2.75) is 26.8 Å². The van der Waals surface area contributed by atoms with E-state index in [1.807, 2.05) is 32.9 Å².